The van der Waals surface area contributed by atoms with Gasteiger partial charge in [-0.3, -0.25) is 0 Å². The Hall–Kier alpha value is -1.84. The van der Waals surface area contributed by atoms with Crippen molar-refractivity contribution >= 4 is 39.9 Å². The number of benzene rings is 2. The lowest BCUT2D eigenvalue weighted by molar-refractivity contribution is 0.437. The van der Waals surface area contributed by atoms with Gasteiger partial charge in [0.2, 0.25) is 0 Å². The highest BCUT2D eigenvalue weighted by atomic mass is 35.5. The molecule has 2 aromatic carbocycles. The number of aromatic nitrogens is 2. The SMILES string of the molecule is CC1CCN(c2nc(-c3cccc(Cl)c3Cl)nc3ccccc23)CC1. The maximum Gasteiger partial charge on any atom is 0.163 e. The van der Waals surface area contributed by atoms with Crippen molar-refractivity contribution in [2.75, 3.05) is 18.0 Å². The second kappa shape index (κ2) is 6.81. The summed E-state index contributed by atoms with van der Waals surface area (Å²) in [6, 6.07) is 13.7. The van der Waals surface area contributed by atoms with Crippen LogP contribution in [-0.2, 0) is 0 Å². The van der Waals surface area contributed by atoms with E-state index in [1.54, 1.807) is 6.07 Å². The van der Waals surface area contributed by atoms with Crippen molar-refractivity contribution < 1.29 is 0 Å². The van der Waals surface area contributed by atoms with E-state index < -0.39 is 0 Å². The molecule has 2 heterocycles. The molecule has 4 rings (SSSR count). The molecule has 0 spiro atoms. The normalized spacial score (nSPS) is 15.7. The summed E-state index contributed by atoms with van der Waals surface area (Å²) < 4.78 is 0. The summed E-state index contributed by atoms with van der Waals surface area (Å²) in [5.41, 5.74) is 1.70. The number of fused-ring (bicyclic) bond motifs is 1. The van der Waals surface area contributed by atoms with E-state index >= 15 is 0 Å². The minimum absolute atomic E-state index is 0.498. The molecule has 3 aromatic rings. The molecule has 128 valence electrons. The monoisotopic (exact) mass is 371 g/mol. The van der Waals surface area contributed by atoms with Gasteiger partial charge in [-0.1, -0.05) is 48.3 Å². The lowest BCUT2D eigenvalue weighted by atomic mass is 9.99. The average Bonchev–Trinajstić information content (AvgIpc) is 2.64. The highest BCUT2D eigenvalue weighted by molar-refractivity contribution is 6.43. The summed E-state index contributed by atoms with van der Waals surface area (Å²) in [4.78, 5) is 12.0. The first-order valence-corrected chi connectivity index (χ1v) is 9.35. The number of anilines is 1. The van der Waals surface area contributed by atoms with E-state index in [0.717, 1.165) is 41.3 Å². The fourth-order valence-electron chi connectivity index (χ4n) is 3.32. The molecule has 0 atom stereocenters. The van der Waals surface area contributed by atoms with Crippen molar-refractivity contribution in [3.63, 3.8) is 0 Å². The van der Waals surface area contributed by atoms with Crippen LogP contribution in [0.2, 0.25) is 10.0 Å². The molecule has 1 fully saturated rings. The number of rotatable bonds is 2. The zero-order chi connectivity index (χ0) is 17.4. The maximum absolute atomic E-state index is 6.41. The molecule has 0 saturated carbocycles. The van der Waals surface area contributed by atoms with Crippen LogP contribution in [0.5, 0.6) is 0 Å². The first-order chi connectivity index (χ1) is 12.1. The summed E-state index contributed by atoms with van der Waals surface area (Å²) in [5, 5.41) is 2.10. The fourth-order valence-corrected chi connectivity index (χ4v) is 3.70. The lowest BCUT2D eigenvalue weighted by Crippen LogP contribution is -2.33. The van der Waals surface area contributed by atoms with Crippen LogP contribution in [0.3, 0.4) is 0 Å². The molecule has 5 heteroatoms. The number of piperidine rings is 1. The molecular weight excluding hydrogens is 353 g/mol. The number of hydrogen-bond acceptors (Lipinski definition) is 3. The van der Waals surface area contributed by atoms with Crippen molar-refractivity contribution in [2.24, 2.45) is 5.92 Å². The predicted molar refractivity (Wildman–Crippen MR) is 106 cm³/mol. The Morgan fingerprint density at radius 2 is 1.72 bits per heavy atom. The molecular formula is C20H19Cl2N3. The third-order valence-corrected chi connectivity index (χ3v) is 5.68. The molecule has 0 bridgehead atoms. The standard InChI is InChI=1S/C20H19Cl2N3/c1-13-9-11-25(12-10-13)20-14-5-2-3-8-17(14)23-19(24-20)15-6-4-7-16(21)18(15)22/h2-8,13H,9-12H2,1H3. The van der Waals surface area contributed by atoms with Gasteiger partial charge in [0, 0.05) is 24.0 Å². The van der Waals surface area contributed by atoms with Gasteiger partial charge in [0.05, 0.1) is 15.6 Å². The minimum atomic E-state index is 0.498. The van der Waals surface area contributed by atoms with Gasteiger partial charge in [-0.05, 0) is 43.0 Å². The third kappa shape index (κ3) is 3.19. The molecule has 3 nitrogen and oxygen atoms in total. The van der Waals surface area contributed by atoms with E-state index in [9.17, 15) is 0 Å². The minimum Gasteiger partial charge on any atom is -0.356 e. The molecule has 0 unspecified atom stereocenters. The second-order valence-electron chi connectivity index (χ2n) is 6.66. The van der Waals surface area contributed by atoms with E-state index in [1.165, 1.54) is 12.8 Å². The lowest BCUT2D eigenvalue weighted by Gasteiger charge is -2.32. The molecule has 0 aliphatic carbocycles. The van der Waals surface area contributed by atoms with Gasteiger partial charge in [-0.15, -0.1) is 0 Å². The molecule has 0 radical (unpaired) electrons. The summed E-state index contributed by atoms with van der Waals surface area (Å²) >= 11 is 12.6. The van der Waals surface area contributed by atoms with Crippen molar-refractivity contribution in [3.05, 3.63) is 52.5 Å². The highest BCUT2D eigenvalue weighted by Gasteiger charge is 2.21. The quantitative estimate of drug-likeness (QED) is 0.566. The summed E-state index contributed by atoms with van der Waals surface area (Å²) in [5.74, 6) is 2.38. The van der Waals surface area contributed by atoms with Crippen molar-refractivity contribution in [3.8, 4) is 11.4 Å². The van der Waals surface area contributed by atoms with Gasteiger partial charge < -0.3 is 4.90 Å². The van der Waals surface area contributed by atoms with Crippen LogP contribution in [0.4, 0.5) is 5.82 Å². The van der Waals surface area contributed by atoms with Gasteiger partial charge >= 0.3 is 0 Å². The molecule has 1 saturated heterocycles. The van der Waals surface area contributed by atoms with E-state index in [0.29, 0.717) is 15.9 Å². The molecule has 1 aliphatic rings. The largest absolute Gasteiger partial charge is 0.356 e. The van der Waals surface area contributed by atoms with E-state index in [-0.39, 0.29) is 0 Å². The molecule has 0 N–H and O–H groups in total. The van der Waals surface area contributed by atoms with Crippen LogP contribution in [0, 0.1) is 5.92 Å². The maximum atomic E-state index is 6.41. The zero-order valence-electron chi connectivity index (χ0n) is 14.0. The second-order valence-corrected chi connectivity index (χ2v) is 7.44. The van der Waals surface area contributed by atoms with Gasteiger partial charge in [-0.2, -0.15) is 0 Å². The average molecular weight is 372 g/mol. The van der Waals surface area contributed by atoms with Gasteiger partial charge in [0.1, 0.15) is 5.82 Å². The summed E-state index contributed by atoms with van der Waals surface area (Å²) in [6.07, 6.45) is 2.37. The number of para-hydroxylation sites is 1. The van der Waals surface area contributed by atoms with E-state index in [1.807, 2.05) is 30.3 Å². The Balaban J connectivity index is 1.88. The smallest absolute Gasteiger partial charge is 0.163 e. The van der Waals surface area contributed by atoms with Crippen LogP contribution in [-0.4, -0.2) is 23.1 Å². The Kier molecular flexibility index (Phi) is 4.53. The Morgan fingerprint density at radius 1 is 0.960 bits per heavy atom. The van der Waals surface area contributed by atoms with Gasteiger partial charge in [0.15, 0.2) is 5.82 Å². The van der Waals surface area contributed by atoms with E-state index in [4.69, 9.17) is 33.2 Å². The van der Waals surface area contributed by atoms with Crippen LogP contribution in [0.25, 0.3) is 22.3 Å². The van der Waals surface area contributed by atoms with Gasteiger partial charge in [-0.25, -0.2) is 9.97 Å². The van der Waals surface area contributed by atoms with Crippen LogP contribution in [0.15, 0.2) is 42.5 Å². The first kappa shape index (κ1) is 16.6. The van der Waals surface area contributed by atoms with Crippen LogP contribution in [0.1, 0.15) is 19.8 Å². The Labute approximate surface area is 157 Å². The predicted octanol–water partition coefficient (Wildman–Crippen LogP) is 5.84. The summed E-state index contributed by atoms with van der Waals surface area (Å²) in [6.45, 7) is 4.35. The third-order valence-electron chi connectivity index (χ3n) is 4.86. The van der Waals surface area contributed by atoms with Crippen LogP contribution < -0.4 is 4.90 Å². The molecule has 0 amide bonds. The van der Waals surface area contributed by atoms with Crippen molar-refractivity contribution in [1.82, 2.24) is 9.97 Å². The van der Waals surface area contributed by atoms with E-state index in [2.05, 4.69) is 17.9 Å². The first-order valence-electron chi connectivity index (χ1n) is 8.59. The number of nitrogens with zero attached hydrogens (tertiary/aromatic N) is 3. The topological polar surface area (TPSA) is 29.0 Å². The summed E-state index contributed by atoms with van der Waals surface area (Å²) in [7, 11) is 0. The van der Waals surface area contributed by atoms with Crippen LogP contribution >= 0.6 is 23.2 Å². The Bertz CT molecular complexity index is 918. The molecule has 25 heavy (non-hydrogen) atoms. The van der Waals surface area contributed by atoms with Crippen molar-refractivity contribution in [2.45, 2.75) is 19.8 Å². The molecule has 1 aliphatic heterocycles. The fraction of sp³-hybridized carbons (Fsp3) is 0.300. The molecule has 1 aromatic heterocycles. The Morgan fingerprint density at radius 3 is 2.52 bits per heavy atom. The number of halogens is 2. The highest BCUT2D eigenvalue weighted by Crippen LogP contribution is 2.35. The van der Waals surface area contributed by atoms with Gasteiger partial charge in [0.25, 0.3) is 0 Å². The van der Waals surface area contributed by atoms with Crippen molar-refractivity contribution in [1.29, 1.82) is 0 Å². The number of hydrogen-bond donors (Lipinski definition) is 0. The zero-order valence-corrected chi connectivity index (χ0v) is 15.6.